The van der Waals surface area contributed by atoms with Crippen LogP contribution in [-0.4, -0.2) is 16.7 Å². The summed E-state index contributed by atoms with van der Waals surface area (Å²) in [6.07, 6.45) is 1.89. The third-order valence-corrected chi connectivity index (χ3v) is 3.76. The number of hydrogen-bond acceptors (Lipinski definition) is 3. The fourth-order valence-electron chi connectivity index (χ4n) is 2.32. The van der Waals surface area contributed by atoms with Gasteiger partial charge in [-0.05, 0) is 24.6 Å². The maximum Gasteiger partial charge on any atom is 0.131 e. The number of hydrogen-bond donors (Lipinski definition) is 1. The summed E-state index contributed by atoms with van der Waals surface area (Å²) in [5.74, 6) is 2.50. The van der Waals surface area contributed by atoms with Crippen molar-refractivity contribution < 1.29 is 4.74 Å². The summed E-state index contributed by atoms with van der Waals surface area (Å²) >= 11 is 3.49. The maximum absolute atomic E-state index is 6.30. The van der Waals surface area contributed by atoms with E-state index >= 15 is 0 Å². The van der Waals surface area contributed by atoms with Crippen molar-refractivity contribution in [3.8, 4) is 17.0 Å². The minimum atomic E-state index is 0.708. The van der Waals surface area contributed by atoms with Crippen molar-refractivity contribution in [1.82, 2.24) is 9.55 Å². The quantitative estimate of drug-likeness (QED) is 0.900. The highest BCUT2D eigenvalue weighted by atomic mass is 79.9. The molecule has 0 radical (unpaired) electrons. The summed E-state index contributed by atoms with van der Waals surface area (Å²) in [4.78, 5) is 4.70. The second-order valence-electron chi connectivity index (χ2n) is 4.61. The Hall–Kier alpha value is -1.49. The predicted molar refractivity (Wildman–Crippen MR) is 86.0 cm³/mol. The molecule has 0 spiro atoms. The molecule has 4 nitrogen and oxygen atoms in total. The molecule has 108 valence electrons. The van der Waals surface area contributed by atoms with Crippen molar-refractivity contribution in [1.29, 1.82) is 0 Å². The molecule has 0 saturated carbocycles. The lowest BCUT2D eigenvalue weighted by molar-refractivity contribution is 0.416. The van der Waals surface area contributed by atoms with E-state index in [9.17, 15) is 0 Å². The van der Waals surface area contributed by atoms with Gasteiger partial charge in [-0.25, -0.2) is 4.98 Å². The van der Waals surface area contributed by atoms with Crippen molar-refractivity contribution in [3.05, 3.63) is 28.5 Å². The number of anilines is 1. The summed E-state index contributed by atoms with van der Waals surface area (Å²) in [6.45, 7) is 5.12. The Morgan fingerprint density at radius 3 is 2.70 bits per heavy atom. The molecule has 0 saturated heterocycles. The lowest BCUT2D eigenvalue weighted by Crippen LogP contribution is -2.06. The van der Waals surface area contributed by atoms with Gasteiger partial charge < -0.3 is 15.0 Å². The summed E-state index contributed by atoms with van der Waals surface area (Å²) in [5, 5.41) is 0. The number of imidazole rings is 1. The molecule has 1 heterocycles. The number of aryl methyl sites for hydroxylation is 1. The van der Waals surface area contributed by atoms with Crippen molar-refractivity contribution >= 4 is 21.7 Å². The fourth-order valence-corrected chi connectivity index (χ4v) is 2.68. The molecule has 0 aliphatic carbocycles. The van der Waals surface area contributed by atoms with Crippen molar-refractivity contribution in [2.75, 3.05) is 12.8 Å². The van der Waals surface area contributed by atoms with Crippen LogP contribution >= 0.6 is 15.9 Å². The van der Waals surface area contributed by atoms with Crippen LogP contribution in [0.1, 0.15) is 26.1 Å². The average molecular weight is 338 g/mol. The van der Waals surface area contributed by atoms with Gasteiger partial charge in [0.25, 0.3) is 0 Å². The van der Waals surface area contributed by atoms with Gasteiger partial charge in [-0.1, -0.05) is 29.8 Å². The summed E-state index contributed by atoms with van der Waals surface area (Å²) in [5.41, 5.74) is 8.02. The number of methoxy groups -OCH3 is 1. The number of aromatic nitrogens is 2. The largest absolute Gasteiger partial charge is 0.496 e. The predicted octanol–water partition coefficient (Wildman–Crippen LogP) is 3.88. The zero-order valence-electron chi connectivity index (χ0n) is 12.1. The van der Waals surface area contributed by atoms with Crippen LogP contribution in [0.3, 0.4) is 0 Å². The molecular formula is C15H20BrN3O. The first kappa shape index (κ1) is 14.9. The molecule has 1 aromatic carbocycles. The molecule has 0 bridgehead atoms. The van der Waals surface area contributed by atoms with Crippen LogP contribution in [0, 0.1) is 0 Å². The van der Waals surface area contributed by atoms with Crippen LogP contribution < -0.4 is 10.5 Å². The van der Waals surface area contributed by atoms with Gasteiger partial charge in [0, 0.05) is 23.0 Å². The van der Waals surface area contributed by atoms with Gasteiger partial charge in [0.1, 0.15) is 23.1 Å². The highest BCUT2D eigenvalue weighted by Crippen LogP contribution is 2.35. The molecule has 5 heteroatoms. The zero-order chi connectivity index (χ0) is 14.7. The van der Waals surface area contributed by atoms with E-state index in [-0.39, 0.29) is 0 Å². The van der Waals surface area contributed by atoms with E-state index in [1.807, 2.05) is 18.2 Å². The molecule has 1 aromatic heterocycles. The Morgan fingerprint density at radius 2 is 2.10 bits per heavy atom. The third kappa shape index (κ3) is 2.68. The number of nitrogens with two attached hydrogens (primary N) is 1. The van der Waals surface area contributed by atoms with E-state index < -0.39 is 0 Å². The van der Waals surface area contributed by atoms with E-state index in [1.165, 1.54) is 0 Å². The molecular weight excluding hydrogens is 318 g/mol. The molecule has 2 rings (SSSR count). The summed E-state index contributed by atoms with van der Waals surface area (Å²) < 4.78 is 8.50. The number of halogens is 1. The maximum atomic E-state index is 6.30. The van der Waals surface area contributed by atoms with Gasteiger partial charge in [-0.3, -0.25) is 0 Å². The molecule has 0 aliphatic heterocycles. The molecule has 0 amide bonds. The number of nitrogens with zero attached hydrogens (tertiary/aromatic N) is 2. The fraction of sp³-hybridized carbons (Fsp3) is 0.400. The number of benzene rings is 1. The highest BCUT2D eigenvalue weighted by Gasteiger charge is 2.18. The Balaban J connectivity index is 2.61. The van der Waals surface area contributed by atoms with Crippen LogP contribution in [-0.2, 0) is 13.0 Å². The van der Waals surface area contributed by atoms with Gasteiger partial charge >= 0.3 is 0 Å². The molecule has 0 fully saturated rings. The molecule has 20 heavy (non-hydrogen) atoms. The Morgan fingerprint density at radius 1 is 1.35 bits per heavy atom. The van der Waals surface area contributed by atoms with Gasteiger partial charge in [-0.2, -0.15) is 0 Å². The summed E-state index contributed by atoms with van der Waals surface area (Å²) in [6, 6.07) is 5.86. The first-order valence-electron chi connectivity index (χ1n) is 6.81. The zero-order valence-corrected chi connectivity index (χ0v) is 13.7. The first-order chi connectivity index (χ1) is 9.62. The van der Waals surface area contributed by atoms with Gasteiger partial charge in [0.05, 0.1) is 7.11 Å². The van der Waals surface area contributed by atoms with E-state index in [0.29, 0.717) is 5.82 Å². The van der Waals surface area contributed by atoms with Crippen molar-refractivity contribution in [2.45, 2.75) is 33.2 Å². The van der Waals surface area contributed by atoms with Crippen molar-refractivity contribution in [3.63, 3.8) is 0 Å². The Kier molecular flexibility index (Phi) is 4.70. The Bertz CT molecular complexity index is 607. The molecule has 2 aromatic rings. The van der Waals surface area contributed by atoms with Crippen molar-refractivity contribution in [2.24, 2.45) is 0 Å². The SMILES string of the molecule is CCCn1c(CC)nc(-c2cc(Br)ccc2OC)c1N. The highest BCUT2D eigenvalue weighted by molar-refractivity contribution is 9.10. The second kappa shape index (κ2) is 6.31. The lowest BCUT2D eigenvalue weighted by atomic mass is 10.1. The molecule has 0 unspecified atom stereocenters. The van der Waals surface area contributed by atoms with Crippen LogP contribution in [0.5, 0.6) is 5.75 Å². The van der Waals surface area contributed by atoms with E-state index in [4.69, 9.17) is 15.5 Å². The van der Waals surface area contributed by atoms with E-state index in [1.54, 1.807) is 7.11 Å². The second-order valence-corrected chi connectivity index (χ2v) is 5.53. The number of nitrogen functional groups attached to an aromatic ring is 1. The number of rotatable bonds is 5. The number of ether oxygens (including phenoxy) is 1. The lowest BCUT2D eigenvalue weighted by Gasteiger charge is -2.09. The topological polar surface area (TPSA) is 53.1 Å². The Labute approximate surface area is 128 Å². The summed E-state index contributed by atoms with van der Waals surface area (Å²) in [7, 11) is 1.66. The van der Waals surface area contributed by atoms with Crippen LogP contribution in [0.25, 0.3) is 11.3 Å². The standard InChI is InChI=1S/C15H20BrN3O/c1-4-8-19-13(5-2)18-14(15(19)17)11-9-10(16)6-7-12(11)20-3/h6-7,9H,4-5,8,17H2,1-3H3. The monoisotopic (exact) mass is 337 g/mol. The first-order valence-corrected chi connectivity index (χ1v) is 7.60. The van der Waals surface area contributed by atoms with Crippen LogP contribution in [0.4, 0.5) is 5.82 Å². The van der Waals surface area contributed by atoms with Gasteiger partial charge in [0.15, 0.2) is 0 Å². The van der Waals surface area contributed by atoms with Gasteiger partial charge in [0.2, 0.25) is 0 Å². The third-order valence-electron chi connectivity index (χ3n) is 3.27. The van der Waals surface area contributed by atoms with Crippen LogP contribution in [0.15, 0.2) is 22.7 Å². The minimum absolute atomic E-state index is 0.708. The van der Waals surface area contributed by atoms with E-state index in [2.05, 4.69) is 34.3 Å². The van der Waals surface area contributed by atoms with Crippen LogP contribution in [0.2, 0.25) is 0 Å². The minimum Gasteiger partial charge on any atom is -0.496 e. The molecule has 2 N–H and O–H groups in total. The average Bonchev–Trinajstić information content (AvgIpc) is 2.76. The molecule has 0 aliphatic rings. The van der Waals surface area contributed by atoms with E-state index in [0.717, 1.165) is 46.7 Å². The van der Waals surface area contributed by atoms with Gasteiger partial charge in [-0.15, -0.1) is 0 Å². The smallest absolute Gasteiger partial charge is 0.131 e. The normalized spacial score (nSPS) is 10.8. The molecule has 0 atom stereocenters.